The monoisotopic (exact) mass is 268 g/mol. The molecule has 0 saturated heterocycles. The maximum absolute atomic E-state index is 11.8. The van der Waals surface area contributed by atoms with Crippen LogP contribution in [0.2, 0.25) is 0 Å². The molecule has 0 heterocycles. The molecule has 2 unspecified atom stereocenters. The molecule has 19 heavy (non-hydrogen) atoms. The quantitative estimate of drug-likeness (QED) is 0.590. The van der Waals surface area contributed by atoms with Gasteiger partial charge in [0, 0.05) is 12.1 Å². The van der Waals surface area contributed by atoms with Gasteiger partial charge in [0.05, 0.1) is 13.2 Å². The zero-order valence-corrected chi connectivity index (χ0v) is 12.1. The molecule has 0 aliphatic heterocycles. The fraction of sp³-hybridized carbons (Fsp3) is 0.933. The van der Waals surface area contributed by atoms with Gasteiger partial charge in [0.25, 0.3) is 0 Å². The van der Waals surface area contributed by atoms with Crippen molar-refractivity contribution in [3.63, 3.8) is 0 Å². The minimum atomic E-state index is -0.0746. The van der Waals surface area contributed by atoms with Crippen LogP contribution in [0.25, 0.3) is 0 Å². The Morgan fingerprint density at radius 3 is 2.58 bits per heavy atom. The van der Waals surface area contributed by atoms with Gasteiger partial charge in [-0.3, -0.25) is 9.69 Å². The van der Waals surface area contributed by atoms with E-state index in [4.69, 9.17) is 10.5 Å². The predicted molar refractivity (Wildman–Crippen MR) is 75.8 cm³/mol. The van der Waals surface area contributed by atoms with Crippen molar-refractivity contribution < 1.29 is 9.53 Å². The van der Waals surface area contributed by atoms with Gasteiger partial charge in [0.15, 0.2) is 0 Å². The van der Waals surface area contributed by atoms with E-state index >= 15 is 0 Å². The normalized spacial score (nSPS) is 28.2. The first kappa shape index (κ1) is 14.8. The zero-order chi connectivity index (χ0) is 13.7. The molecular formula is C15H28N2O2. The molecule has 2 saturated carbocycles. The lowest BCUT2D eigenvalue weighted by Gasteiger charge is -2.35. The molecule has 4 heteroatoms. The first-order valence-corrected chi connectivity index (χ1v) is 7.87. The summed E-state index contributed by atoms with van der Waals surface area (Å²) in [7, 11) is 0. The van der Waals surface area contributed by atoms with Gasteiger partial charge in [-0.1, -0.05) is 19.3 Å². The highest BCUT2D eigenvalue weighted by Gasteiger charge is 2.38. The first-order valence-electron chi connectivity index (χ1n) is 7.87. The third kappa shape index (κ3) is 4.18. The summed E-state index contributed by atoms with van der Waals surface area (Å²) >= 11 is 0. The third-order valence-electron chi connectivity index (χ3n) is 4.48. The van der Waals surface area contributed by atoms with Gasteiger partial charge in [0.1, 0.15) is 0 Å². The molecule has 2 aliphatic carbocycles. The second-order valence-electron chi connectivity index (χ2n) is 5.91. The van der Waals surface area contributed by atoms with E-state index in [-0.39, 0.29) is 5.97 Å². The lowest BCUT2D eigenvalue weighted by Crippen LogP contribution is -2.46. The van der Waals surface area contributed by atoms with E-state index in [0.29, 0.717) is 31.2 Å². The molecule has 0 bridgehead atoms. The number of rotatable bonds is 6. The van der Waals surface area contributed by atoms with E-state index in [1.807, 2.05) is 6.92 Å². The molecule has 4 nitrogen and oxygen atoms in total. The highest BCUT2D eigenvalue weighted by molar-refractivity contribution is 5.71. The van der Waals surface area contributed by atoms with Gasteiger partial charge in [-0.05, 0) is 45.1 Å². The van der Waals surface area contributed by atoms with Crippen molar-refractivity contribution in [3.8, 4) is 0 Å². The molecule has 0 aromatic heterocycles. The van der Waals surface area contributed by atoms with Crippen molar-refractivity contribution in [2.45, 2.75) is 64.0 Å². The summed E-state index contributed by atoms with van der Waals surface area (Å²) < 4.78 is 5.13. The van der Waals surface area contributed by atoms with Crippen molar-refractivity contribution in [1.82, 2.24) is 4.90 Å². The Morgan fingerprint density at radius 1 is 1.21 bits per heavy atom. The Morgan fingerprint density at radius 2 is 1.95 bits per heavy atom. The van der Waals surface area contributed by atoms with Gasteiger partial charge in [0.2, 0.25) is 0 Å². The van der Waals surface area contributed by atoms with Crippen LogP contribution in [0.5, 0.6) is 0 Å². The van der Waals surface area contributed by atoms with Gasteiger partial charge in [-0.15, -0.1) is 0 Å². The van der Waals surface area contributed by atoms with Crippen LogP contribution in [-0.4, -0.2) is 42.6 Å². The maximum atomic E-state index is 11.8. The predicted octanol–water partition coefficient (Wildman–Crippen LogP) is 1.92. The van der Waals surface area contributed by atoms with Crippen LogP contribution in [0.1, 0.15) is 51.9 Å². The molecule has 2 aliphatic rings. The van der Waals surface area contributed by atoms with Crippen LogP contribution in [0.4, 0.5) is 0 Å². The molecule has 0 radical (unpaired) electrons. The van der Waals surface area contributed by atoms with Crippen molar-refractivity contribution in [2.75, 3.05) is 19.7 Å². The van der Waals surface area contributed by atoms with Crippen molar-refractivity contribution in [3.05, 3.63) is 0 Å². The number of nitrogens with zero attached hydrogens (tertiary/aromatic N) is 1. The summed E-state index contributed by atoms with van der Waals surface area (Å²) in [6.45, 7) is 3.55. The molecule has 2 atom stereocenters. The second-order valence-corrected chi connectivity index (χ2v) is 5.91. The van der Waals surface area contributed by atoms with Crippen molar-refractivity contribution in [2.24, 2.45) is 11.7 Å². The van der Waals surface area contributed by atoms with E-state index in [9.17, 15) is 4.79 Å². The van der Waals surface area contributed by atoms with Gasteiger partial charge < -0.3 is 10.5 Å². The average Bonchev–Trinajstić information content (AvgIpc) is 3.23. The highest BCUT2D eigenvalue weighted by Crippen LogP contribution is 2.35. The molecule has 0 amide bonds. The summed E-state index contributed by atoms with van der Waals surface area (Å²) in [4.78, 5) is 14.2. The lowest BCUT2D eigenvalue weighted by molar-refractivity contribution is -0.145. The molecule has 0 aromatic rings. The van der Waals surface area contributed by atoms with Crippen molar-refractivity contribution >= 4 is 5.97 Å². The largest absolute Gasteiger partial charge is 0.465 e. The van der Waals surface area contributed by atoms with E-state index in [1.165, 1.54) is 44.9 Å². The van der Waals surface area contributed by atoms with E-state index in [0.717, 1.165) is 6.54 Å². The van der Waals surface area contributed by atoms with E-state index in [2.05, 4.69) is 4.90 Å². The van der Waals surface area contributed by atoms with Gasteiger partial charge in [-0.2, -0.15) is 0 Å². The minimum absolute atomic E-state index is 0.0746. The third-order valence-corrected chi connectivity index (χ3v) is 4.48. The average molecular weight is 268 g/mol. The Bertz CT molecular complexity index is 292. The van der Waals surface area contributed by atoms with E-state index in [1.54, 1.807) is 0 Å². The van der Waals surface area contributed by atoms with Gasteiger partial charge in [-0.25, -0.2) is 0 Å². The highest BCUT2D eigenvalue weighted by atomic mass is 16.5. The smallest absolute Gasteiger partial charge is 0.320 e. The number of carbonyl (C=O) groups is 1. The molecule has 2 rings (SSSR count). The summed E-state index contributed by atoms with van der Waals surface area (Å²) in [5.41, 5.74) is 5.97. The topological polar surface area (TPSA) is 55.6 Å². The molecule has 110 valence electrons. The summed E-state index contributed by atoms with van der Waals surface area (Å²) in [5, 5.41) is 0. The van der Waals surface area contributed by atoms with Crippen molar-refractivity contribution in [1.29, 1.82) is 0 Å². The molecule has 0 aromatic carbocycles. The first-order chi connectivity index (χ1) is 9.26. The van der Waals surface area contributed by atoms with Gasteiger partial charge >= 0.3 is 5.97 Å². The fourth-order valence-electron chi connectivity index (χ4n) is 3.36. The SMILES string of the molecule is CCOC(=O)CN(C1CC1)C1CCCCCC1CN. The van der Waals surface area contributed by atoms with Crippen LogP contribution in [0, 0.1) is 5.92 Å². The maximum Gasteiger partial charge on any atom is 0.320 e. The number of carbonyl (C=O) groups excluding carboxylic acids is 1. The molecule has 0 spiro atoms. The summed E-state index contributed by atoms with van der Waals surface area (Å²) in [6.07, 6.45) is 8.74. The summed E-state index contributed by atoms with van der Waals surface area (Å²) in [5.74, 6) is 0.479. The number of hydrogen-bond acceptors (Lipinski definition) is 4. The Labute approximate surface area is 116 Å². The number of hydrogen-bond donors (Lipinski definition) is 1. The molecule has 2 fully saturated rings. The molecular weight excluding hydrogens is 240 g/mol. The number of ether oxygens (including phenoxy) is 1. The molecule has 2 N–H and O–H groups in total. The van der Waals surface area contributed by atoms with Crippen LogP contribution in [0.15, 0.2) is 0 Å². The minimum Gasteiger partial charge on any atom is -0.465 e. The Hall–Kier alpha value is -0.610. The lowest BCUT2D eigenvalue weighted by atomic mass is 9.93. The second kappa shape index (κ2) is 7.25. The number of esters is 1. The van der Waals surface area contributed by atoms with Crippen LogP contribution in [-0.2, 0) is 9.53 Å². The fourth-order valence-corrected chi connectivity index (χ4v) is 3.36. The van der Waals surface area contributed by atoms with Crippen LogP contribution < -0.4 is 5.73 Å². The Kier molecular flexibility index (Phi) is 5.64. The number of nitrogens with two attached hydrogens (primary N) is 1. The summed E-state index contributed by atoms with van der Waals surface area (Å²) in [6, 6.07) is 1.09. The Balaban J connectivity index is 2.00. The van der Waals surface area contributed by atoms with E-state index < -0.39 is 0 Å². The van der Waals surface area contributed by atoms with Crippen LogP contribution in [0.3, 0.4) is 0 Å². The standard InChI is InChI=1S/C15H28N2O2/c1-2-19-15(18)11-17(13-8-9-13)14-7-5-3-4-6-12(14)10-16/h12-14H,2-11,16H2,1H3. The zero-order valence-electron chi connectivity index (χ0n) is 12.1. The van der Waals surface area contributed by atoms with Crippen LogP contribution >= 0.6 is 0 Å².